The molecule has 0 amide bonds. The molecule has 2 rings (SSSR count). The lowest BCUT2D eigenvalue weighted by molar-refractivity contribution is -0.142. The summed E-state index contributed by atoms with van der Waals surface area (Å²) in [5.41, 5.74) is 2.14. The Morgan fingerprint density at radius 3 is 2.90 bits per heavy atom. The minimum Gasteiger partial charge on any atom is -0.465 e. The number of carbonyl (C=O) groups excluding carboxylic acids is 1. The lowest BCUT2D eigenvalue weighted by atomic mass is 10.1. The number of fused-ring (bicyclic) bond motifs is 1. The molecule has 4 heteroatoms. The predicted octanol–water partition coefficient (Wildman–Crippen LogP) is 3.98. The molecule has 1 heterocycles. The Morgan fingerprint density at radius 2 is 2.15 bits per heavy atom. The van der Waals surface area contributed by atoms with E-state index in [1.807, 2.05) is 38.1 Å². The minimum atomic E-state index is -0.241. The number of aromatic nitrogens is 1. The summed E-state index contributed by atoms with van der Waals surface area (Å²) in [6.45, 7) is 6.39. The molecule has 0 aliphatic carbocycles. The Morgan fingerprint density at radius 1 is 1.40 bits per heavy atom. The number of thioether (sulfide) groups is 1. The predicted molar refractivity (Wildman–Crippen MR) is 83.0 cm³/mol. The maximum absolute atomic E-state index is 11.8. The molecule has 20 heavy (non-hydrogen) atoms. The highest BCUT2D eigenvalue weighted by Gasteiger charge is 2.17. The first kappa shape index (κ1) is 14.9. The SMILES string of the molecule is CCCOC(=O)C(C)Sc1cc(C)c2ccccc2n1. The second-order valence-electron chi connectivity index (χ2n) is 4.72. The van der Waals surface area contributed by atoms with Gasteiger partial charge in [0, 0.05) is 5.39 Å². The second-order valence-corrected chi connectivity index (χ2v) is 6.08. The number of carbonyl (C=O) groups is 1. The monoisotopic (exact) mass is 289 g/mol. The first-order chi connectivity index (χ1) is 9.61. The molecule has 1 aromatic carbocycles. The van der Waals surface area contributed by atoms with Crippen molar-refractivity contribution in [3.05, 3.63) is 35.9 Å². The molecule has 0 bridgehead atoms. The van der Waals surface area contributed by atoms with Gasteiger partial charge in [0.15, 0.2) is 0 Å². The van der Waals surface area contributed by atoms with Crippen molar-refractivity contribution in [3.8, 4) is 0 Å². The van der Waals surface area contributed by atoms with Crippen molar-refractivity contribution in [2.75, 3.05) is 6.61 Å². The van der Waals surface area contributed by atoms with Gasteiger partial charge in [0.1, 0.15) is 5.25 Å². The molecule has 0 N–H and O–H groups in total. The van der Waals surface area contributed by atoms with E-state index < -0.39 is 0 Å². The molecule has 0 radical (unpaired) electrons. The van der Waals surface area contributed by atoms with Gasteiger partial charge in [-0.2, -0.15) is 0 Å². The highest BCUT2D eigenvalue weighted by molar-refractivity contribution is 8.00. The summed E-state index contributed by atoms with van der Waals surface area (Å²) < 4.78 is 5.16. The molecule has 106 valence electrons. The number of para-hydroxylation sites is 1. The van der Waals surface area contributed by atoms with Crippen LogP contribution in [0.3, 0.4) is 0 Å². The quantitative estimate of drug-likeness (QED) is 0.616. The van der Waals surface area contributed by atoms with Crippen LogP contribution < -0.4 is 0 Å². The van der Waals surface area contributed by atoms with E-state index in [1.54, 1.807) is 0 Å². The van der Waals surface area contributed by atoms with Gasteiger partial charge in [-0.1, -0.05) is 36.9 Å². The van der Waals surface area contributed by atoms with Gasteiger partial charge in [-0.05, 0) is 38.0 Å². The van der Waals surface area contributed by atoms with Gasteiger partial charge < -0.3 is 4.74 Å². The van der Waals surface area contributed by atoms with Gasteiger partial charge in [0.05, 0.1) is 17.1 Å². The fourth-order valence-electron chi connectivity index (χ4n) is 1.93. The smallest absolute Gasteiger partial charge is 0.319 e. The Kier molecular flexibility index (Phi) is 5.01. The van der Waals surface area contributed by atoms with Crippen LogP contribution in [0.25, 0.3) is 10.9 Å². The standard InChI is InChI=1S/C16H19NO2S/c1-4-9-19-16(18)12(3)20-15-10-11(2)13-7-5-6-8-14(13)17-15/h5-8,10,12H,4,9H2,1-3H3. The average Bonchev–Trinajstić information content (AvgIpc) is 2.44. The van der Waals surface area contributed by atoms with E-state index >= 15 is 0 Å². The minimum absolute atomic E-state index is 0.176. The number of hydrogen-bond donors (Lipinski definition) is 0. The fraction of sp³-hybridized carbons (Fsp3) is 0.375. The topological polar surface area (TPSA) is 39.2 Å². The van der Waals surface area contributed by atoms with Crippen LogP contribution in [0.5, 0.6) is 0 Å². The summed E-state index contributed by atoms with van der Waals surface area (Å²) in [5, 5.41) is 1.77. The van der Waals surface area contributed by atoms with E-state index in [4.69, 9.17) is 4.74 Å². The van der Waals surface area contributed by atoms with Gasteiger partial charge in [0.25, 0.3) is 0 Å². The van der Waals surface area contributed by atoms with E-state index in [-0.39, 0.29) is 11.2 Å². The molecule has 0 saturated heterocycles. The molecule has 3 nitrogen and oxygen atoms in total. The summed E-state index contributed by atoms with van der Waals surface area (Å²) in [6.07, 6.45) is 0.844. The Hall–Kier alpha value is -1.55. The first-order valence-electron chi connectivity index (χ1n) is 6.81. The van der Waals surface area contributed by atoms with E-state index in [1.165, 1.54) is 17.3 Å². The van der Waals surface area contributed by atoms with E-state index in [2.05, 4.69) is 18.0 Å². The second kappa shape index (κ2) is 6.75. The number of hydrogen-bond acceptors (Lipinski definition) is 4. The van der Waals surface area contributed by atoms with Gasteiger partial charge in [0.2, 0.25) is 0 Å². The molecule has 0 saturated carbocycles. The highest BCUT2D eigenvalue weighted by Crippen LogP contribution is 2.26. The number of ether oxygens (including phenoxy) is 1. The highest BCUT2D eigenvalue weighted by atomic mass is 32.2. The van der Waals surface area contributed by atoms with E-state index in [0.29, 0.717) is 6.61 Å². The third-order valence-electron chi connectivity index (χ3n) is 2.98. The molecule has 2 aromatic rings. The fourth-order valence-corrected chi connectivity index (χ4v) is 2.85. The molecule has 1 aromatic heterocycles. The number of pyridine rings is 1. The zero-order valence-electron chi connectivity index (χ0n) is 12.1. The van der Waals surface area contributed by atoms with E-state index in [9.17, 15) is 4.79 Å². The maximum atomic E-state index is 11.8. The summed E-state index contributed by atoms with van der Waals surface area (Å²) in [7, 11) is 0. The largest absolute Gasteiger partial charge is 0.465 e. The molecule has 1 unspecified atom stereocenters. The van der Waals surface area contributed by atoms with Crippen molar-refractivity contribution in [2.45, 2.75) is 37.5 Å². The number of nitrogens with zero attached hydrogens (tertiary/aromatic N) is 1. The van der Waals surface area contributed by atoms with Crippen LogP contribution >= 0.6 is 11.8 Å². The summed E-state index contributed by atoms with van der Waals surface area (Å²) in [6, 6.07) is 10.1. The van der Waals surface area contributed by atoms with Crippen LogP contribution in [0.2, 0.25) is 0 Å². The van der Waals surface area contributed by atoms with Crippen molar-refractivity contribution in [1.29, 1.82) is 0 Å². The number of aryl methyl sites for hydroxylation is 1. The zero-order chi connectivity index (χ0) is 14.5. The number of benzene rings is 1. The van der Waals surface area contributed by atoms with Gasteiger partial charge in [-0.15, -0.1) is 0 Å². The van der Waals surface area contributed by atoms with Crippen molar-refractivity contribution in [3.63, 3.8) is 0 Å². The summed E-state index contributed by atoms with van der Waals surface area (Å²) in [4.78, 5) is 16.4. The van der Waals surface area contributed by atoms with Crippen LogP contribution in [-0.2, 0) is 9.53 Å². The summed E-state index contributed by atoms with van der Waals surface area (Å²) >= 11 is 1.45. The first-order valence-corrected chi connectivity index (χ1v) is 7.69. The van der Waals surface area contributed by atoms with Crippen LogP contribution in [-0.4, -0.2) is 22.8 Å². The van der Waals surface area contributed by atoms with Crippen LogP contribution in [0, 0.1) is 6.92 Å². The normalized spacial score (nSPS) is 12.3. The lowest BCUT2D eigenvalue weighted by Gasteiger charge is -2.11. The Balaban J connectivity index is 2.15. The van der Waals surface area contributed by atoms with Gasteiger partial charge in [-0.25, -0.2) is 4.98 Å². The van der Waals surface area contributed by atoms with Crippen molar-refractivity contribution < 1.29 is 9.53 Å². The third-order valence-corrected chi connectivity index (χ3v) is 3.97. The zero-order valence-corrected chi connectivity index (χ0v) is 12.9. The van der Waals surface area contributed by atoms with Crippen LogP contribution in [0.15, 0.2) is 35.4 Å². The molecular formula is C16H19NO2S. The van der Waals surface area contributed by atoms with Crippen molar-refractivity contribution in [2.24, 2.45) is 0 Å². The molecular weight excluding hydrogens is 270 g/mol. The van der Waals surface area contributed by atoms with E-state index in [0.717, 1.165) is 22.3 Å². The van der Waals surface area contributed by atoms with Gasteiger partial charge in [-0.3, -0.25) is 4.79 Å². The third kappa shape index (κ3) is 3.51. The Labute approximate surface area is 123 Å². The molecule has 0 fully saturated rings. The van der Waals surface area contributed by atoms with Crippen molar-refractivity contribution in [1.82, 2.24) is 4.98 Å². The molecule has 0 aliphatic rings. The number of rotatable bonds is 5. The lowest BCUT2D eigenvalue weighted by Crippen LogP contribution is -2.17. The summed E-state index contributed by atoms with van der Waals surface area (Å²) in [5.74, 6) is -0.176. The maximum Gasteiger partial charge on any atom is 0.319 e. The van der Waals surface area contributed by atoms with Crippen molar-refractivity contribution >= 4 is 28.6 Å². The Bertz CT molecular complexity index is 612. The molecule has 0 aliphatic heterocycles. The molecule has 1 atom stereocenters. The average molecular weight is 289 g/mol. The van der Waals surface area contributed by atoms with Crippen LogP contribution in [0.4, 0.5) is 0 Å². The van der Waals surface area contributed by atoms with Gasteiger partial charge >= 0.3 is 5.97 Å². The molecule has 0 spiro atoms. The van der Waals surface area contributed by atoms with Crippen LogP contribution in [0.1, 0.15) is 25.8 Å². The number of esters is 1.